The molecule has 4 heteroatoms. The van der Waals surface area contributed by atoms with E-state index in [1.165, 1.54) is 7.11 Å². The Morgan fingerprint density at radius 2 is 2.40 bits per heavy atom. The first-order chi connectivity index (χ1) is 4.74. The molecule has 4 nitrogen and oxygen atoms in total. The van der Waals surface area contributed by atoms with Gasteiger partial charge in [0, 0.05) is 13.7 Å². The third-order valence-corrected chi connectivity index (χ3v) is 1.73. The number of β-amino-alcohol motifs (C(OH)–C–C–N with tert-alkyl or cyclic N) is 1. The number of aliphatic hydroxyl groups is 2. The van der Waals surface area contributed by atoms with Crippen molar-refractivity contribution >= 4 is 0 Å². The normalized spacial score (nSPS) is 36.3. The van der Waals surface area contributed by atoms with Crippen LogP contribution in [0.25, 0.3) is 0 Å². The summed E-state index contributed by atoms with van der Waals surface area (Å²) in [7, 11) is 1.44. The van der Waals surface area contributed by atoms with Crippen LogP contribution in [0.2, 0.25) is 0 Å². The van der Waals surface area contributed by atoms with E-state index in [9.17, 15) is 0 Å². The van der Waals surface area contributed by atoms with Crippen molar-refractivity contribution in [2.24, 2.45) is 0 Å². The molecular weight excluding hydrogens is 134 g/mol. The van der Waals surface area contributed by atoms with Crippen LogP contribution in [-0.2, 0) is 4.74 Å². The zero-order chi connectivity index (χ0) is 7.56. The van der Waals surface area contributed by atoms with Crippen LogP contribution >= 0.6 is 0 Å². The molecule has 0 aromatic rings. The molecule has 0 aromatic carbocycles. The molecule has 1 heterocycles. The third kappa shape index (κ3) is 1.67. The van der Waals surface area contributed by atoms with Gasteiger partial charge in [0.15, 0.2) is 6.29 Å². The predicted octanol–water partition coefficient (Wildman–Crippen LogP) is -1.33. The summed E-state index contributed by atoms with van der Waals surface area (Å²) in [5, 5.41) is 21.0. The average molecular weight is 147 g/mol. The molecule has 0 aliphatic carbocycles. The highest BCUT2D eigenvalue weighted by Crippen LogP contribution is 2.09. The monoisotopic (exact) mass is 147 g/mol. The summed E-state index contributed by atoms with van der Waals surface area (Å²) in [5.41, 5.74) is 0. The van der Waals surface area contributed by atoms with E-state index in [1.807, 2.05) is 0 Å². The fraction of sp³-hybridized carbons (Fsp3) is 1.00. The van der Waals surface area contributed by atoms with Crippen LogP contribution in [0.15, 0.2) is 0 Å². The molecule has 3 unspecified atom stereocenters. The van der Waals surface area contributed by atoms with Crippen molar-refractivity contribution in [3.63, 3.8) is 0 Å². The SMILES string of the molecule is COC(O)C1CC(O)CN1. The maximum absolute atomic E-state index is 9.08. The number of methoxy groups -OCH3 is 1. The van der Waals surface area contributed by atoms with Crippen LogP contribution in [0.3, 0.4) is 0 Å². The van der Waals surface area contributed by atoms with Crippen LogP contribution < -0.4 is 5.32 Å². The van der Waals surface area contributed by atoms with Gasteiger partial charge in [-0.1, -0.05) is 0 Å². The van der Waals surface area contributed by atoms with Crippen molar-refractivity contribution in [3.05, 3.63) is 0 Å². The molecule has 1 saturated heterocycles. The Hall–Kier alpha value is -0.160. The van der Waals surface area contributed by atoms with Gasteiger partial charge in [-0.25, -0.2) is 0 Å². The number of hydrogen-bond acceptors (Lipinski definition) is 4. The van der Waals surface area contributed by atoms with Gasteiger partial charge in [0.25, 0.3) is 0 Å². The molecule has 3 N–H and O–H groups in total. The minimum Gasteiger partial charge on any atom is -0.392 e. The standard InChI is InChI=1S/C6H13NO3/c1-10-6(9)5-2-4(8)3-7-5/h4-9H,2-3H2,1H3. The molecule has 1 rings (SSSR count). The summed E-state index contributed by atoms with van der Waals surface area (Å²) in [6.45, 7) is 0.547. The van der Waals surface area contributed by atoms with Crippen molar-refractivity contribution in [2.75, 3.05) is 13.7 Å². The molecule has 0 spiro atoms. The van der Waals surface area contributed by atoms with Crippen LogP contribution in [-0.4, -0.2) is 42.3 Å². The van der Waals surface area contributed by atoms with E-state index in [1.54, 1.807) is 0 Å². The molecule has 0 aromatic heterocycles. The summed E-state index contributed by atoms with van der Waals surface area (Å²) in [5.74, 6) is 0. The Balaban J connectivity index is 2.29. The molecule has 1 aliphatic heterocycles. The van der Waals surface area contributed by atoms with Crippen molar-refractivity contribution < 1.29 is 14.9 Å². The van der Waals surface area contributed by atoms with Crippen molar-refractivity contribution in [2.45, 2.75) is 24.9 Å². The molecular formula is C6H13NO3. The zero-order valence-corrected chi connectivity index (χ0v) is 5.95. The Labute approximate surface area is 59.8 Å². The Kier molecular flexibility index (Phi) is 2.62. The highest BCUT2D eigenvalue weighted by atomic mass is 16.6. The second-order valence-corrected chi connectivity index (χ2v) is 2.53. The second-order valence-electron chi connectivity index (χ2n) is 2.53. The Morgan fingerprint density at radius 1 is 1.70 bits per heavy atom. The van der Waals surface area contributed by atoms with E-state index in [4.69, 9.17) is 10.2 Å². The van der Waals surface area contributed by atoms with Crippen molar-refractivity contribution in [1.82, 2.24) is 5.32 Å². The molecule has 1 aliphatic rings. The summed E-state index contributed by atoms with van der Waals surface area (Å²) in [4.78, 5) is 0. The molecule has 3 atom stereocenters. The number of nitrogens with one attached hydrogen (secondary N) is 1. The minimum absolute atomic E-state index is 0.111. The van der Waals surface area contributed by atoms with Gasteiger partial charge in [0.05, 0.1) is 12.1 Å². The molecule has 60 valence electrons. The Bertz CT molecular complexity index is 109. The first-order valence-corrected chi connectivity index (χ1v) is 3.36. The van der Waals surface area contributed by atoms with Gasteiger partial charge < -0.3 is 20.3 Å². The number of ether oxygens (including phenoxy) is 1. The summed E-state index contributed by atoms with van der Waals surface area (Å²) >= 11 is 0. The van der Waals surface area contributed by atoms with Crippen LogP contribution in [0.1, 0.15) is 6.42 Å². The van der Waals surface area contributed by atoms with Gasteiger partial charge in [-0.3, -0.25) is 0 Å². The highest BCUT2D eigenvalue weighted by Gasteiger charge is 2.27. The summed E-state index contributed by atoms with van der Waals surface area (Å²) in [6.07, 6.45) is -0.568. The molecule has 0 radical (unpaired) electrons. The highest BCUT2D eigenvalue weighted by molar-refractivity contribution is 4.82. The third-order valence-electron chi connectivity index (χ3n) is 1.73. The number of rotatable bonds is 2. The summed E-state index contributed by atoms with van der Waals surface area (Å²) < 4.78 is 4.66. The van der Waals surface area contributed by atoms with Gasteiger partial charge >= 0.3 is 0 Å². The lowest BCUT2D eigenvalue weighted by Gasteiger charge is -2.15. The van der Waals surface area contributed by atoms with Gasteiger partial charge in [0.1, 0.15) is 0 Å². The van der Waals surface area contributed by atoms with Crippen LogP contribution in [0.5, 0.6) is 0 Å². The maximum Gasteiger partial charge on any atom is 0.169 e. The number of hydrogen-bond donors (Lipinski definition) is 3. The Morgan fingerprint density at radius 3 is 2.80 bits per heavy atom. The van der Waals surface area contributed by atoms with E-state index < -0.39 is 6.29 Å². The van der Waals surface area contributed by atoms with Crippen molar-refractivity contribution in [3.8, 4) is 0 Å². The first kappa shape index (κ1) is 7.94. The largest absolute Gasteiger partial charge is 0.392 e. The lowest BCUT2D eigenvalue weighted by atomic mass is 10.2. The van der Waals surface area contributed by atoms with Crippen LogP contribution in [0, 0.1) is 0 Å². The van der Waals surface area contributed by atoms with Gasteiger partial charge in [0.2, 0.25) is 0 Å². The fourth-order valence-corrected chi connectivity index (χ4v) is 1.13. The lowest BCUT2D eigenvalue weighted by Crippen LogP contribution is -2.35. The fourth-order valence-electron chi connectivity index (χ4n) is 1.13. The molecule has 10 heavy (non-hydrogen) atoms. The minimum atomic E-state index is -0.794. The lowest BCUT2D eigenvalue weighted by molar-refractivity contribution is -0.0945. The zero-order valence-electron chi connectivity index (χ0n) is 5.95. The molecule has 0 bridgehead atoms. The molecule has 0 saturated carbocycles. The number of aliphatic hydroxyl groups excluding tert-OH is 2. The smallest absolute Gasteiger partial charge is 0.169 e. The molecule has 1 fully saturated rings. The van der Waals surface area contributed by atoms with E-state index in [-0.39, 0.29) is 12.1 Å². The quantitative estimate of drug-likeness (QED) is 0.424. The van der Waals surface area contributed by atoms with Crippen LogP contribution in [0.4, 0.5) is 0 Å². The van der Waals surface area contributed by atoms with Crippen molar-refractivity contribution in [1.29, 1.82) is 0 Å². The topological polar surface area (TPSA) is 61.7 Å². The van der Waals surface area contributed by atoms with E-state index in [0.717, 1.165) is 0 Å². The first-order valence-electron chi connectivity index (χ1n) is 3.36. The second kappa shape index (κ2) is 3.30. The van der Waals surface area contributed by atoms with E-state index in [0.29, 0.717) is 13.0 Å². The van der Waals surface area contributed by atoms with Gasteiger partial charge in [-0.05, 0) is 6.42 Å². The van der Waals surface area contributed by atoms with Gasteiger partial charge in [-0.15, -0.1) is 0 Å². The predicted molar refractivity (Wildman–Crippen MR) is 35.4 cm³/mol. The van der Waals surface area contributed by atoms with E-state index in [2.05, 4.69) is 10.1 Å². The van der Waals surface area contributed by atoms with Gasteiger partial charge in [-0.2, -0.15) is 0 Å². The maximum atomic E-state index is 9.08. The molecule has 0 amide bonds. The average Bonchev–Trinajstić information content (AvgIpc) is 2.34. The summed E-state index contributed by atoms with van der Waals surface area (Å²) in [6, 6.07) is -0.111. The van der Waals surface area contributed by atoms with E-state index >= 15 is 0 Å².